The highest BCUT2D eigenvalue weighted by Gasteiger charge is 2.20. The lowest BCUT2D eigenvalue weighted by Crippen LogP contribution is -2.12. The molecule has 0 atom stereocenters. The lowest BCUT2D eigenvalue weighted by molar-refractivity contribution is 0.209. The maximum Gasteiger partial charge on any atom is 0.127 e. The lowest BCUT2D eigenvalue weighted by Gasteiger charge is -2.22. The van der Waals surface area contributed by atoms with Gasteiger partial charge in [-0.05, 0) is 86.3 Å². The van der Waals surface area contributed by atoms with Crippen LogP contribution in [0.25, 0.3) is 5.57 Å². The molecule has 2 aliphatic carbocycles. The molecule has 0 amide bonds. The van der Waals surface area contributed by atoms with E-state index in [0.717, 1.165) is 31.4 Å². The Balaban J connectivity index is 0.00000118. The maximum absolute atomic E-state index is 6.41. The number of hydrogen-bond donors (Lipinski definition) is 1. The van der Waals surface area contributed by atoms with Crippen LogP contribution < -0.4 is 10.9 Å². The molecule has 0 aliphatic heterocycles. The summed E-state index contributed by atoms with van der Waals surface area (Å²) in [4.78, 5) is 0. The van der Waals surface area contributed by atoms with E-state index >= 15 is 0 Å². The van der Waals surface area contributed by atoms with Gasteiger partial charge in [0.25, 0.3) is 0 Å². The van der Waals surface area contributed by atoms with Gasteiger partial charge >= 0.3 is 0 Å². The molecule has 1 aromatic rings. The third-order valence-electron chi connectivity index (χ3n) is 5.04. The molecule has 0 unspecified atom stereocenters. The molecule has 1 aromatic carbocycles. The summed E-state index contributed by atoms with van der Waals surface area (Å²) in [6.45, 7) is 9.92. The minimum atomic E-state index is 0. The van der Waals surface area contributed by atoms with E-state index in [4.69, 9.17) is 4.74 Å². The Kier molecular flexibility index (Phi) is 10.6. The highest BCUT2D eigenvalue weighted by atomic mass is 16.5. The molecule has 27 heavy (non-hydrogen) atoms. The topological polar surface area (TPSA) is 44.2 Å². The second-order valence-electron chi connectivity index (χ2n) is 6.75. The predicted octanol–water partition coefficient (Wildman–Crippen LogP) is 7.59. The minimum Gasteiger partial charge on any atom is -0.490 e. The van der Waals surface area contributed by atoms with Gasteiger partial charge < -0.3 is 10.9 Å². The first-order valence-electron chi connectivity index (χ1n) is 10.4. The first-order chi connectivity index (χ1) is 12.8. The van der Waals surface area contributed by atoms with Gasteiger partial charge in [0.1, 0.15) is 5.75 Å². The van der Waals surface area contributed by atoms with E-state index in [-0.39, 0.29) is 6.15 Å². The molecule has 1 saturated carbocycles. The number of hydrogen-bond acceptors (Lipinski definition) is 2. The fourth-order valence-electron chi connectivity index (χ4n) is 3.74. The highest BCUT2D eigenvalue weighted by molar-refractivity contribution is 5.83. The molecular formula is C25H37NO. The number of ether oxygens (including phenoxy) is 1. The van der Waals surface area contributed by atoms with E-state index in [0.29, 0.717) is 6.10 Å². The van der Waals surface area contributed by atoms with Crippen LogP contribution in [-0.2, 0) is 6.42 Å². The van der Waals surface area contributed by atoms with Crippen LogP contribution in [-0.4, -0.2) is 6.10 Å². The number of allylic oxidation sites excluding steroid dienone is 5. The van der Waals surface area contributed by atoms with E-state index in [9.17, 15) is 0 Å². The molecule has 0 radical (unpaired) electrons. The van der Waals surface area contributed by atoms with Crippen molar-refractivity contribution in [1.29, 1.82) is 0 Å². The third-order valence-corrected chi connectivity index (χ3v) is 5.04. The summed E-state index contributed by atoms with van der Waals surface area (Å²) in [5, 5.41) is 0. The van der Waals surface area contributed by atoms with Crippen molar-refractivity contribution in [3.05, 3.63) is 65.4 Å². The predicted molar refractivity (Wildman–Crippen MR) is 119 cm³/mol. The van der Waals surface area contributed by atoms with Crippen molar-refractivity contribution in [3.8, 4) is 5.75 Å². The summed E-state index contributed by atoms with van der Waals surface area (Å²) in [6.07, 6.45) is 16.4. The average molecular weight is 368 g/mol. The molecule has 2 aliphatic rings. The summed E-state index contributed by atoms with van der Waals surface area (Å²) in [5.74, 6) is 1.06. The van der Waals surface area contributed by atoms with E-state index in [2.05, 4.69) is 49.6 Å². The van der Waals surface area contributed by atoms with Gasteiger partial charge in [0, 0.05) is 5.56 Å². The fraction of sp³-hybridized carbons (Fsp3) is 0.480. The summed E-state index contributed by atoms with van der Waals surface area (Å²) < 4.78 is 6.41. The Bertz CT molecular complexity index is 686. The maximum atomic E-state index is 6.41. The molecule has 2 heteroatoms. The van der Waals surface area contributed by atoms with Crippen LogP contribution in [0.4, 0.5) is 0 Å². The molecule has 0 saturated heterocycles. The molecule has 3 N–H and O–H groups in total. The van der Waals surface area contributed by atoms with Crippen molar-refractivity contribution in [3.63, 3.8) is 0 Å². The SMILES string of the molecule is C=C=CCc1ccc(OC2CCCC2)c(C2=CCCC=C2CC)c1.CC.N. The van der Waals surface area contributed by atoms with Gasteiger partial charge in [-0.3, -0.25) is 0 Å². The summed E-state index contributed by atoms with van der Waals surface area (Å²) in [6, 6.07) is 6.65. The minimum absolute atomic E-state index is 0. The highest BCUT2D eigenvalue weighted by Crippen LogP contribution is 2.38. The van der Waals surface area contributed by atoms with Crippen molar-refractivity contribution in [2.45, 2.75) is 78.2 Å². The lowest BCUT2D eigenvalue weighted by atomic mass is 9.89. The Labute approximate surface area is 166 Å². The molecule has 148 valence electrons. The monoisotopic (exact) mass is 367 g/mol. The van der Waals surface area contributed by atoms with Gasteiger partial charge in [-0.2, -0.15) is 0 Å². The summed E-state index contributed by atoms with van der Waals surface area (Å²) in [7, 11) is 0. The normalized spacial score (nSPS) is 16.1. The quantitative estimate of drug-likeness (QED) is 0.526. The Hall–Kier alpha value is -2.02. The van der Waals surface area contributed by atoms with E-state index in [1.165, 1.54) is 48.0 Å². The number of rotatable bonds is 6. The first kappa shape index (κ1) is 23.0. The van der Waals surface area contributed by atoms with Crippen LogP contribution in [0.1, 0.15) is 76.8 Å². The molecule has 0 spiro atoms. The molecule has 0 heterocycles. The first-order valence-corrected chi connectivity index (χ1v) is 10.4. The van der Waals surface area contributed by atoms with Crippen LogP contribution in [0, 0.1) is 0 Å². The van der Waals surface area contributed by atoms with Crippen LogP contribution in [0.5, 0.6) is 5.75 Å². The second kappa shape index (κ2) is 12.4. The van der Waals surface area contributed by atoms with E-state index in [1.807, 2.05) is 19.9 Å². The third kappa shape index (κ3) is 6.27. The van der Waals surface area contributed by atoms with Gasteiger partial charge in [0.2, 0.25) is 0 Å². The van der Waals surface area contributed by atoms with Gasteiger partial charge in [-0.1, -0.05) is 45.6 Å². The van der Waals surface area contributed by atoms with Crippen molar-refractivity contribution >= 4 is 5.57 Å². The zero-order valence-corrected chi connectivity index (χ0v) is 17.5. The molecule has 1 fully saturated rings. The van der Waals surface area contributed by atoms with Gasteiger partial charge in [0.15, 0.2) is 0 Å². The van der Waals surface area contributed by atoms with Crippen LogP contribution >= 0.6 is 0 Å². The molecular weight excluding hydrogens is 330 g/mol. The molecule has 0 aromatic heterocycles. The molecule has 0 bridgehead atoms. The summed E-state index contributed by atoms with van der Waals surface area (Å²) in [5.41, 5.74) is 8.27. The van der Waals surface area contributed by atoms with Crippen molar-refractivity contribution < 1.29 is 4.74 Å². The van der Waals surface area contributed by atoms with Gasteiger partial charge in [0.05, 0.1) is 6.10 Å². The zero-order valence-electron chi connectivity index (χ0n) is 17.5. The standard InChI is InChI=1S/C23H28O.C2H6.H3N/c1-3-5-10-18-15-16-23(24-20-12-7-8-13-20)22(17-18)21-14-9-6-11-19(21)4-2;1-2;/h5,11,14-17,20H,1,4,6-10,12-13H2,2H3;1-2H3;1H3. The largest absolute Gasteiger partial charge is 0.490 e. The van der Waals surface area contributed by atoms with Crippen LogP contribution in [0.2, 0.25) is 0 Å². The Morgan fingerprint density at radius 2 is 1.85 bits per heavy atom. The fourth-order valence-corrected chi connectivity index (χ4v) is 3.74. The van der Waals surface area contributed by atoms with Crippen LogP contribution in [0.15, 0.2) is 54.3 Å². The summed E-state index contributed by atoms with van der Waals surface area (Å²) >= 11 is 0. The van der Waals surface area contributed by atoms with E-state index < -0.39 is 0 Å². The Morgan fingerprint density at radius 1 is 1.15 bits per heavy atom. The van der Waals surface area contributed by atoms with Crippen LogP contribution in [0.3, 0.4) is 0 Å². The van der Waals surface area contributed by atoms with Crippen molar-refractivity contribution in [2.24, 2.45) is 0 Å². The van der Waals surface area contributed by atoms with Crippen molar-refractivity contribution in [1.82, 2.24) is 6.15 Å². The zero-order chi connectivity index (χ0) is 18.8. The Morgan fingerprint density at radius 3 is 2.52 bits per heavy atom. The molecule has 3 rings (SSSR count). The molecule has 2 nitrogen and oxygen atoms in total. The van der Waals surface area contributed by atoms with Gasteiger partial charge in [-0.15, -0.1) is 5.73 Å². The average Bonchev–Trinajstić information content (AvgIpc) is 3.22. The second-order valence-corrected chi connectivity index (χ2v) is 6.75. The smallest absolute Gasteiger partial charge is 0.127 e. The van der Waals surface area contributed by atoms with E-state index in [1.54, 1.807) is 0 Å². The van der Waals surface area contributed by atoms with Crippen molar-refractivity contribution in [2.75, 3.05) is 0 Å². The number of benzene rings is 1. The van der Waals surface area contributed by atoms with Gasteiger partial charge in [-0.25, -0.2) is 0 Å².